The molecule has 4 heterocycles. The van der Waals surface area contributed by atoms with Crippen LogP contribution in [0.4, 0.5) is 4.79 Å². The number of fused-ring (bicyclic) bond motifs is 4. The Morgan fingerprint density at radius 2 is 1.88 bits per heavy atom. The van der Waals surface area contributed by atoms with E-state index in [4.69, 9.17) is 16.3 Å². The Labute approximate surface area is 341 Å². The number of benzene rings is 1. The monoisotopic (exact) mass is 844 g/mol. The third kappa shape index (κ3) is 8.94. The van der Waals surface area contributed by atoms with Crippen molar-refractivity contribution in [2.45, 2.75) is 95.0 Å². The van der Waals surface area contributed by atoms with E-state index in [9.17, 15) is 37.5 Å². The SMILES string of the molecule is CC(C)(C)COC(=O)N[C@H]1CCCCC/C=C\[C@H]2C[C@@]2(C(=O)NS(=O)(=O)C2CC2)NC(=O)[C@@H]2[C@H]3CN(C(=O)c4nc(-c5ccc(O)c(Cl)c5)cs4)C[C@H]3CN2C1=O. The van der Waals surface area contributed by atoms with Crippen LogP contribution in [-0.2, 0) is 29.1 Å². The maximum absolute atomic E-state index is 14.7. The Balaban J connectivity index is 1.16. The van der Waals surface area contributed by atoms with Crippen LogP contribution >= 0.6 is 22.9 Å². The highest BCUT2D eigenvalue weighted by Gasteiger charge is 2.63. The molecule has 2 saturated heterocycles. The largest absolute Gasteiger partial charge is 0.506 e. The fraction of sp³-hybridized carbons (Fsp3) is 0.590. The number of alkyl carbamates (subject to hydrolysis) is 1. The van der Waals surface area contributed by atoms with Gasteiger partial charge in [-0.15, -0.1) is 11.3 Å². The summed E-state index contributed by atoms with van der Waals surface area (Å²) in [6.07, 6.45) is 7.27. The Kier molecular flexibility index (Phi) is 11.4. The van der Waals surface area contributed by atoms with Crippen molar-refractivity contribution in [3.63, 3.8) is 0 Å². The molecule has 5 aliphatic rings. The van der Waals surface area contributed by atoms with Gasteiger partial charge in [-0.1, -0.05) is 57.4 Å². The van der Waals surface area contributed by atoms with Gasteiger partial charge in [-0.05, 0) is 62.1 Å². The van der Waals surface area contributed by atoms with Gasteiger partial charge in [0.1, 0.15) is 23.4 Å². The van der Waals surface area contributed by atoms with Gasteiger partial charge >= 0.3 is 6.09 Å². The summed E-state index contributed by atoms with van der Waals surface area (Å²) in [5, 5.41) is 16.9. The van der Waals surface area contributed by atoms with Gasteiger partial charge in [0.15, 0.2) is 5.01 Å². The molecule has 2 saturated carbocycles. The molecule has 1 aromatic heterocycles. The quantitative estimate of drug-likeness (QED) is 0.293. The van der Waals surface area contributed by atoms with Gasteiger partial charge in [-0.3, -0.25) is 23.9 Å². The molecule has 308 valence electrons. The number of aromatic nitrogens is 1. The Hall–Kier alpha value is -4.22. The molecule has 0 radical (unpaired) electrons. The molecule has 3 aliphatic heterocycles. The van der Waals surface area contributed by atoms with Crippen LogP contribution in [0, 0.1) is 23.2 Å². The summed E-state index contributed by atoms with van der Waals surface area (Å²) >= 11 is 7.25. The molecular formula is C39H49ClN6O9S2. The number of amides is 5. The first-order valence-corrected chi connectivity index (χ1v) is 22.3. The van der Waals surface area contributed by atoms with E-state index in [1.807, 2.05) is 32.9 Å². The summed E-state index contributed by atoms with van der Waals surface area (Å²) in [5.74, 6) is -3.67. The predicted molar refractivity (Wildman–Crippen MR) is 212 cm³/mol. The number of likely N-dealkylation sites (tertiary alicyclic amines) is 1. The smallest absolute Gasteiger partial charge is 0.407 e. The number of nitrogens with one attached hydrogen (secondary N) is 3. The van der Waals surface area contributed by atoms with Crippen LogP contribution in [0.1, 0.15) is 81.9 Å². The standard InChI is InChI=1S/C39H49ClN6O9S2/c1-38(2,3)21-55-37(52)42-28-10-8-6-4-5-7-9-24-16-39(24,36(51)44-57(53,54)25-12-13-25)43-32(48)31-26-19-45(17-23(26)18-46(31)34(28)49)35(50)33-41-29(20-56-33)22-11-14-30(47)27(40)15-22/h7,9,11,14-15,20,23-26,28,31,47H,4-6,8,10,12-13,16-19,21H2,1-3H3,(H,42,52)(H,43,48)(H,44,51)/b9-7-/t23-,24-,26-,28-,31-,39+/m0/s1. The molecule has 2 aliphatic carbocycles. The van der Waals surface area contributed by atoms with Crippen molar-refractivity contribution in [2.24, 2.45) is 23.2 Å². The minimum atomic E-state index is -3.93. The summed E-state index contributed by atoms with van der Waals surface area (Å²) in [5.41, 5.74) is -0.730. The Bertz CT molecular complexity index is 2080. The number of hydrogen-bond acceptors (Lipinski definition) is 11. The van der Waals surface area contributed by atoms with Crippen LogP contribution in [0.2, 0.25) is 5.02 Å². The molecule has 4 fully saturated rings. The lowest BCUT2D eigenvalue weighted by atomic mass is 9.93. The van der Waals surface area contributed by atoms with Crippen molar-refractivity contribution in [1.29, 1.82) is 0 Å². The van der Waals surface area contributed by atoms with Crippen molar-refractivity contribution >= 4 is 62.7 Å². The highest BCUT2D eigenvalue weighted by Crippen LogP contribution is 2.47. The Morgan fingerprint density at radius 1 is 1.11 bits per heavy atom. The summed E-state index contributed by atoms with van der Waals surface area (Å²) in [6, 6.07) is 2.51. The fourth-order valence-corrected chi connectivity index (χ4v) is 10.3. The number of thiazole rings is 1. The average molecular weight is 845 g/mol. The van der Waals surface area contributed by atoms with Gasteiger partial charge in [-0.25, -0.2) is 18.2 Å². The Morgan fingerprint density at radius 3 is 2.60 bits per heavy atom. The highest BCUT2D eigenvalue weighted by atomic mass is 35.5. The summed E-state index contributed by atoms with van der Waals surface area (Å²) in [6.45, 7) is 6.32. The molecule has 18 heteroatoms. The summed E-state index contributed by atoms with van der Waals surface area (Å²) in [7, 11) is -3.93. The number of sulfonamides is 1. The van der Waals surface area contributed by atoms with E-state index < -0.39 is 68.5 Å². The van der Waals surface area contributed by atoms with Crippen molar-refractivity contribution in [3.05, 3.63) is 45.8 Å². The first-order valence-electron chi connectivity index (χ1n) is 19.5. The van der Waals surface area contributed by atoms with E-state index in [2.05, 4.69) is 20.3 Å². The first kappa shape index (κ1) is 41.0. The number of phenolic OH excluding ortho intramolecular Hbond substituents is 1. The number of rotatable bonds is 7. The maximum atomic E-state index is 14.7. The number of carbonyl (C=O) groups excluding carboxylic acids is 5. The number of allylic oxidation sites excluding steroid dienone is 1. The molecule has 6 atom stereocenters. The molecule has 5 amide bonds. The zero-order valence-electron chi connectivity index (χ0n) is 32.2. The van der Waals surface area contributed by atoms with Crippen LogP contribution < -0.4 is 15.4 Å². The summed E-state index contributed by atoms with van der Waals surface area (Å²) < 4.78 is 33.5. The van der Waals surface area contributed by atoms with E-state index in [-0.39, 0.29) is 65.7 Å². The molecule has 4 N–H and O–H groups in total. The van der Waals surface area contributed by atoms with Crippen LogP contribution in [0.5, 0.6) is 5.75 Å². The molecule has 0 spiro atoms. The number of ether oxygens (including phenoxy) is 1. The number of nitrogens with zero attached hydrogens (tertiary/aromatic N) is 3. The van der Waals surface area contributed by atoms with Crippen LogP contribution in [0.3, 0.4) is 0 Å². The third-order valence-corrected chi connectivity index (χ3v) is 14.3. The van der Waals surface area contributed by atoms with Crippen molar-refractivity contribution in [3.8, 4) is 17.0 Å². The molecule has 2 aromatic rings. The van der Waals surface area contributed by atoms with Crippen molar-refractivity contribution in [2.75, 3.05) is 26.2 Å². The zero-order chi connectivity index (χ0) is 40.9. The van der Waals surface area contributed by atoms with Gasteiger partial charge in [-0.2, -0.15) is 0 Å². The second-order valence-electron chi connectivity index (χ2n) is 17.1. The van der Waals surface area contributed by atoms with E-state index >= 15 is 0 Å². The molecule has 0 unspecified atom stereocenters. The molecule has 57 heavy (non-hydrogen) atoms. The van der Waals surface area contributed by atoms with Crippen molar-refractivity contribution < 1.29 is 42.2 Å². The lowest BCUT2D eigenvalue weighted by Gasteiger charge is -2.33. The maximum Gasteiger partial charge on any atom is 0.407 e. The molecule has 7 rings (SSSR count). The van der Waals surface area contributed by atoms with Gasteiger partial charge in [0.25, 0.3) is 11.8 Å². The normalized spacial score (nSPS) is 28.5. The second kappa shape index (κ2) is 15.9. The van der Waals surface area contributed by atoms with Gasteiger partial charge in [0, 0.05) is 48.3 Å². The number of carbonyl (C=O) groups is 5. The number of aromatic hydroxyl groups is 1. The average Bonchev–Trinajstić information content (AvgIpc) is 3.97. The topological polar surface area (TPSA) is 204 Å². The molecule has 0 bridgehead atoms. The number of hydrogen-bond donors (Lipinski definition) is 4. The van der Waals surface area contributed by atoms with E-state index in [0.29, 0.717) is 43.4 Å². The van der Waals surface area contributed by atoms with Crippen LogP contribution in [0.15, 0.2) is 35.7 Å². The second-order valence-corrected chi connectivity index (χ2v) is 20.3. The zero-order valence-corrected chi connectivity index (χ0v) is 34.6. The van der Waals surface area contributed by atoms with Gasteiger partial charge in [0.05, 0.1) is 22.6 Å². The van der Waals surface area contributed by atoms with E-state index in [0.717, 1.165) is 24.2 Å². The van der Waals surface area contributed by atoms with Crippen LogP contribution in [-0.4, -0.2) is 107 Å². The lowest BCUT2D eigenvalue weighted by Crippen LogP contribution is -2.60. The molecule has 1 aromatic carbocycles. The number of halogens is 1. The molecule has 15 nitrogen and oxygen atoms in total. The third-order valence-electron chi connectivity index (χ3n) is 11.4. The fourth-order valence-electron chi connectivity index (χ4n) is 8.01. The highest BCUT2D eigenvalue weighted by molar-refractivity contribution is 7.91. The first-order chi connectivity index (χ1) is 27.0. The minimum absolute atomic E-state index is 0.0773. The van der Waals surface area contributed by atoms with E-state index in [1.54, 1.807) is 22.4 Å². The molecular weight excluding hydrogens is 796 g/mol. The number of phenols is 1. The van der Waals surface area contributed by atoms with Gasteiger partial charge < -0.3 is 30.3 Å². The van der Waals surface area contributed by atoms with E-state index in [1.165, 1.54) is 11.0 Å². The van der Waals surface area contributed by atoms with Crippen molar-refractivity contribution in [1.82, 2.24) is 30.1 Å². The minimum Gasteiger partial charge on any atom is -0.506 e. The lowest BCUT2D eigenvalue weighted by molar-refractivity contribution is -0.142. The predicted octanol–water partition coefficient (Wildman–Crippen LogP) is 4.21. The summed E-state index contributed by atoms with van der Waals surface area (Å²) in [4.78, 5) is 77.6. The van der Waals surface area contributed by atoms with Crippen LogP contribution in [0.25, 0.3) is 11.3 Å². The van der Waals surface area contributed by atoms with Gasteiger partial charge in [0.2, 0.25) is 21.8 Å².